The number of hydrogen-bond acceptors (Lipinski definition) is 3. The fourth-order valence-electron chi connectivity index (χ4n) is 1.88. The number of rotatable bonds is 6. The van der Waals surface area contributed by atoms with Crippen LogP contribution >= 0.6 is 0 Å². The molecule has 0 amide bonds. The van der Waals surface area contributed by atoms with E-state index in [4.69, 9.17) is 4.74 Å². The molecule has 1 aliphatic rings. The largest absolute Gasteiger partial charge is 0.383 e. The third-order valence-electron chi connectivity index (χ3n) is 2.60. The second-order valence-electron chi connectivity index (χ2n) is 3.88. The summed E-state index contributed by atoms with van der Waals surface area (Å²) < 4.78 is 4.98. The highest BCUT2D eigenvalue weighted by Gasteiger charge is 2.16. The van der Waals surface area contributed by atoms with Crippen LogP contribution in [0.5, 0.6) is 0 Å². The molecule has 2 N–H and O–H groups in total. The van der Waals surface area contributed by atoms with Crippen molar-refractivity contribution in [2.75, 3.05) is 26.8 Å². The zero-order valence-electron chi connectivity index (χ0n) is 8.81. The van der Waals surface area contributed by atoms with E-state index < -0.39 is 0 Å². The molecule has 2 unspecified atom stereocenters. The lowest BCUT2D eigenvalue weighted by atomic mass is 10.1. The fraction of sp³-hybridized carbons (Fsp3) is 1.00. The quantitative estimate of drug-likeness (QED) is 0.601. The summed E-state index contributed by atoms with van der Waals surface area (Å²) in [6, 6.07) is 1.34. The van der Waals surface area contributed by atoms with Crippen LogP contribution in [0.1, 0.15) is 26.2 Å². The minimum Gasteiger partial charge on any atom is -0.383 e. The van der Waals surface area contributed by atoms with Gasteiger partial charge in [-0.15, -0.1) is 0 Å². The molecule has 1 saturated heterocycles. The maximum absolute atomic E-state index is 4.98. The van der Waals surface area contributed by atoms with Gasteiger partial charge in [0.05, 0.1) is 6.61 Å². The average molecular weight is 186 g/mol. The van der Waals surface area contributed by atoms with E-state index in [2.05, 4.69) is 17.6 Å². The standard InChI is InChI=1S/C10H22N2O/c1-9(11-6-7-13-2)8-10-4-3-5-12-10/h9-12H,3-8H2,1-2H3. The van der Waals surface area contributed by atoms with Crippen molar-refractivity contribution in [3.8, 4) is 0 Å². The molecule has 0 bridgehead atoms. The molecule has 0 saturated carbocycles. The Morgan fingerprint density at radius 3 is 3.08 bits per heavy atom. The van der Waals surface area contributed by atoms with Gasteiger partial charge in [0, 0.05) is 25.7 Å². The van der Waals surface area contributed by atoms with E-state index in [-0.39, 0.29) is 0 Å². The molecule has 78 valence electrons. The van der Waals surface area contributed by atoms with E-state index in [1.165, 1.54) is 25.8 Å². The van der Waals surface area contributed by atoms with Crippen molar-refractivity contribution in [1.82, 2.24) is 10.6 Å². The van der Waals surface area contributed by atoms with Crippen molar-refractivity contribution in [3.63, 3.8) is 0 Å². The van der Waals surface area contributed by atoms with Crippen LogP contribution < -0.4 is 10.6 Å². The molecule has 0 spiro atoms. The van der Waals surface area contributed by atoms with Gasteiger partial charge in [0.1, 0.15) is 0 Å². The molecule has 0 aromatic carbocycles. The summed E-state index contributed by atoms with van der Waals surface area (Å²) in [5.74, 6) is 0. The lowest BCUT2D eigenvalue weighted by Crippen LogP contribution is -2.35. The molecule has 3 nitrogen and oxygen atoms in total. The molecule has 2 atom stereocenters. The van der Waals surface area contributed by atoms with Crippen LogP contribution in [0.3, 0.4) is 0 Å². The van der Waals surface area contributed by atoms with Crippen molar-refractivity contribution in [2.24, 2.45) is 0 Å². The summed E-state index contributed by atoms with van der Waals surface area (Å²) in [6.07, 6.45) is 3.93. The van der Waals surface area contributed by atoms with Gasteiger partial charge in [-0.05, 0) is 32.7 Å². The van der Waals surface area contributed by atoms with Gasteiger partial charge in [-0.25, -0.2) is 0 Å². The summed E-state index contributed by atoms with van der Waals surface area (Å²) in [7, 11) is 1.74. The number of nitrogens with one attached hydrogen (secondary N) is 2. The first-order chi connectivity index (χ1) is 6.33. The Kier molecular flexibility index (Phi) is 5.35. The summed E-state index contributed by atoms with van der Waals surface area (Å²) in [5, 5.41) is 6.95. The second kappa shape index (κ2) is 6.35. The molecule has 0 radical (unpaired) electrons. The summed E-state index contributed by atoms with van der Waals surface area (Å²) in [4.78, 5) is 0. The maximum atomic E-state index is 4.98. The highest BCUT2D eigenvalue weighted by Crippen LogP contribution is 2.10. The van der Waals surface area contributed by atoms with Crippen molar-refractivity contribution in [1.29, 1.82) is 0 Å². The molecule has 0 aromatic heterocycles. The molecule has 1 heterocycles. The van der Waals surface area contributed by atoms with E-state index in [1.807, 2.05) is 0 Å². The average Bonchev–Trinajstić information content (AvgIpc) is 2.57. The third-order valence-corrected chi connectivity index (χ3v) is 2.60. The van der Waals surface area contributed by atoms with Crippen molar-refractivity contribution < 1.29 is 4.74 Å². The first-order valence-corrected chi connectivity index (χ1v) is 5.28. The lowest BCUT2D eigenvalue weighted by Gasteiger charge is -2.17. The van der Waals surface area contributed by atoms with Gasteiger partial charge < -0.3 is 15.4 Å². The second-order valence-corrected chi connectivity index (χ2v) is 3.88. The van der Waals surface area contributed by atoms with E-state index in [0.29, 0.717) is 6.04 Å². The number of ether oxygens (including phenoxy) is 1. The highest BCUT2D eigenvalue weighted by atomic mass is 16.5. The normalized spacial score (nSPS) is 24.9. The Labute approximate surface area is 81.2 Å². The van der Waals surface area contributed by atoms with E-state index in [1.54, 1.807) is 7.11 Å². The van der Waals surface area contributed by atoms with Crippen LogP contribution in [0.2, 0.25) is 0 Å². The molecule has 0 aliphatic carbocycles. The van der Waals surface area contributed by atoms with Crippen LogP contribution in [0.15, 0.2) is 0 Å². The minimum absolute atomic E-state index is 0.603. The third kappa shape index (κ3) is 4.60. The van der Waals surface area contributed by atoms with Crippen LogP contribution in [-0.2, 0) is 4.74 Å². The first-order valence-electron chi connectivity index (χ1n) is 5.28. The van der Waals surface area contributed by atoms with E-state index in [0.717, 1.165) is 19.2 Å². The van der Waals surface area contributed by atoms with Crippen LogP contribution in [0.4, 0.5) is 0 Å². The van der Waals surface area contributed by atoms with E-state index in [9.17, 15) is 0 Å². The molecule has 13 heavy (non-hydrogen) atoms. The predicted molar refractivity (Wildman–Crippen MR) is 55.0 cm³/mol. The van der Waals surface area contributed by atoms with Crippen LogP contribution in [-0.4, -0.2) is 38.9 Å². The van der Waals surface area contributed by atoms with Crippen LogP contribution in [0, 0.1) is 0 Å². The molecular weight excluding hydrogens is 164 g/mol. The monoisotopic (exact) mass is 186 g/mol. The molecule has 3 heteroatoms. The summed E-state index contributed by atoms with van der Waals surface area (Å²) in [5.41, 5.74) is 0. The van der Waals surface area contributed by atoms with Crippen LogP contribution in [0.25, 0.3) is 0 Å². The molecular formula is C10H22N2O. The molecule has 1 rings (SSSR count). The van der Waals surface area contributed by atoms with Gasteiger partial charge in [0.2, 0.25) is 0 Å². The number of hydrogen-bond donors (Lipinski definition) is 2. The van der Waals surface area contributed by atoms with Gasteiger partial charge in [0.25, 0.3) is 0 Å². The zero-order valence-corrected chi connectivity index (χ0v) is 8.81. The molecule has 1 fully saturated rings. The highest BCUT2D eigenvalue weighted by molar-refractivity contribution is 4.78. The summed E-state index contributed by atoms with van der Waals surface area (Å²) >= 11 is 0. The SMILES string of the molecule is COCCNC(C)CC1CCCN1. The Morgan fingerprint density at radius 1 is 1.62 bits per heavy atom. The molecule has 1 aliphatic heterocycles. The Morgan fingerprint density at radius 2 is 2.46 bits per heavy atom. The Hall–Kier alpha value is -0.120. The fourth-order valence-corrected chi connectivity index (χ4v) is 1.88. The summed E-state index contributed by atoms with van der Waals surface area (Å²) in [6.45, 7) is 5.22. The lowest BCUT2D eigenvalue weighted by molar-refractivity contribution is 0.195. The smallest absolute Gasteiger partial charge is 0.0587 e. The van der Waals surface area contributed by atoms with Gasteiger partial charge in [-0.2, -0.15) is 0 Å². The van der Waals surface area contributed by atoms with Crippen molar-refractivity contribution in [3.05, 3.63) is 0 Å². The topological polar surface area (TPSA) is 33.3 Å². The first kappa shape index (κ1) is 11.0. The van der Waals surface area contributed by atoms with Gasteiger partial charge in [-0.3, -0.25) is 0 Å². The molecule has 0 aromatic rings. The number of methoxy groups -OCH3 is 1. The predicted octanol–water partition coefficient (Wildman–Crippen LogP) is 0.753. The minimum atomic E-state index is 0.603. The van der Waals surface area contributed by atoms with Crippen molar-refractivity contribution >= 4 is 0 Å². The van der Waals surface area contributed by atoms with Crippen molar-refractivity contribution in [2.45, 2.75) is 38.3 Å². The maximum Gasteiger partial charge on any atom is 0.0587 e. The van der Waals surface area contributed by atoms with Gasteiger partial charge in [-0.1, -0.05) is 0 Å². The van der Waals surface area contributed by atoms with Gasteiger partial charge in [0.15, 0.2) is 0 Å². The van der Waals surface area contributed by atoms with Gasteiger partial charge >= 0.3 is 0 Å². The Bertz CT molecular complexity index is 124. The zero-order chi connectivity index (χ0) is 9.52. The van der Waals surface area contributed by atoms with E-state index >= 15 is 0 Å². The Balaban J connectivity index is 1.99.